The Morgan fingerprint density at radius 3 is 2.88 bits per heavy atom. The van der Waals surface area contributed by atoms with E-state index in [9.17, 15) is 4.39 Å². The van der Waals surface area contributed by atoms with Crippen molar-refractivity contribution < 1.29 is 13.7 Å². The van der Waals surface area contributed by atoms with E-state index < -0.39 is 0 Å². The zero-order valence-corrected chi connectivity index (χ0v) is 13.2. The third kappa shape index (κ3) is 3.02. The van der Waals surface area contributed by atoms with Crippen LogP contribution in [0.2, 0.25) is 0 Å². The summed E-state index contributed by atoms with van der Waals surface area (Å²) in [5.74, 6) is 0.835. The minimum absolute atomic E-state index is 0.249. The minimum Gasteiger partial charge on any atom is -0.379 e. The number of halogens is 1. The van der Waals surface area contributed by atoms with E-state index in [1.807, 2.05) is 18.2 Å². The van der Waals surface area contributed by atoms with Crippen molar-refractivity contribution in [3.05, 3.63) is 48.1 Å². The Labute approximate surface area is 138 Å². The summed E-state index contributed by atoms with van der Waals surface area (Å²) in [7, 11) is 0. The fourth-order valence-electron chi connectivity index (χ4n) is 3.03. The molecule has 3 aromatic rings. The van der Waals surface area contributed by atoms with Crippen LogP contribution in [0.25, 0.3) is 22.2 Å². The van der Waals surface area contributed by atoms with E-state index in [0.29, 0.717) is 36.2 Å². The molecule has 1 aliphatic rings. The molecule has 6 heteroatoms. The van der Waals surface area contributed by atoms with Gasteiger partial charge in [-0.25, -0.2) is 4.39 Å². The number of hydrogen-bond donors (Lipinski definition) is 1. The smallest absolute Gasteiger partial charge is 0.227 e. The van der Waals surface area contributed by atoms with Crippen LogP contribution < -0.4 is 5.32 Å². The number of nitrogens with zero attached hydrogens (tertiary/aromatic N) is 2. The van der Waals surface area contributed by atoms with Gasteiger partial charge < -0.3 is 14.6 Å². The largest absolute Gasteiger partial charge is 0.379 e. The summed E-state index contributed by atoms with van der Waals surface area (Å²) >= 11 is 0. The standard InChI is InChI=1S/C18H18FN3O2/c19-16-7-6-15(13-3-1-2-4-14(13)16)18-21-17(24-22-18)8-5-12-11-23-10-9-20-12/h1-4,6-7,12,20H,5,8-11H2. The van der Waals surface area contributed by atoms with Crippen LogP contribution in [-0.2, 0) is 11.2 Å². The molecule has 2 aromatic carbocycles. The third-order valence-corrected chi connectivity index (χ3v) is 4.28. The van der Waals surface area contributed by atoms with Crippen molar-refractivity contribution >= 4 is 10.8 Å². The van der Waals surface area contributed by atoms with Gasteiger partial charge in [0.15, 0.2) is 0 Å². The highest BCUT2D eigenvalue weighted by molar-refractivity contribution is 5.95. The number of nitrogens with one attached hydrogen (secondary N) is 1. The van der Waals surface area contributed by atoms with Gasteiger partial charge >= 0.3 is 0 Å². The highest BCUT2D eigenvalue weighted by atomic mass is 19.1. The molecule has 1 aromatic heterocycles. The van der Waals surface area contributed by atoms with Gasteiger partial charge in [0, 0.05) is 30.0 Å². The summed E-state index contributed by atoms with van der Waals surface area (Å²) < 4.78 is 24.7. The summed E-state index contributed by atoms with van der Waals surface area (Å²) in [4.78, 5) is 4.48. The Kier molecular flexibility index (Phi) is 4.23. The van der Waals surface area contributed by atoms with Gasteiger partial charge in [-0.05, 0) is 23.9 Å². The molecule has 1 unspecified atom stereocenters. The van der Waals surface area contributed by atoms with Gasteiger partial charge in [-0.15, -0.1) is 0 Å². The highest BCUT2D eigenvalue weighted by Gasteiger charge is 2.16. The van der Waals surface area contributed by atoms with Gasteiger partial charge in [0.2, 0.25) is 11.7 Å². The Hall–Kier alpha value is -2.31. The van der Waals surface area contributed by atoms with Crippen LogP contribution in [0.5, 0.6) is 0 Å². The molecule has 1 aliphatic heterocycles. The number of aryl methyl sites for hydroxylation is 1. The maximum absolute atomic E-state index is 13.9. The molecule has 1 saturated heterocycles. The van der Waals surface area contributed by atoms with E-state index in [1.165, 1.54) is 6.07 Å². The number of rotatable bonds is 4. The maximum Gasteiger partial charge on any atom is 0.227 e. The predicted molar refractivity (Wildman–Crippen MR) is 88.1 cm³/mol. The zero-order chi connectivity index (χ0) is 16.4. The van der Waals surface area contributed by atoms with Crippen LogP contribution in [0.3, 0.4) is 0 Å². The van der Waals surface area contributed by atoms with Gasteiger partial charge in [-0.2, -0.15) is 4.98 Å². The molecular weight excluding hydrogens is 309 g/mol. The monoisotopic (exact) mass is 327 g/mol. The lowest BCUT2D eigenvalue weighted by atomic mass is 10.0. The van der Waals surface area contributed by atoms with Crippen molar-refractivity contribution in [1.82, 2.24) is 15.5 Å². The molecule has 4 rings (SSSR count). The van der Waals surface area contributed by atoms with Crippen LogP contribution >= 0.6 is 0 Å². The second kappa shape index (κ2) is 6.67. The van der Waals surface area contributed by atoms with Crippen LogP contribution in [0.15, 0.2) is 40.9 Å². The molecule has 124 valence electrons. The van der Waals surface area contributed by atoms with E-state index in [2.05, 4.69) is 15.5 Å². The summed E-state index contributed by atoms with van der Waals surface area (Å²) in [5, 5.41) is 8.82. The van der Waals surface area contributed by atoms with Gasteiger partial charge in [-0.3, -0.25) is 0 Å². The van der Waals surface area contributed by atoms with Crippen LogP contribution in [0.4, 0.5) is 4.39 Å². The zero-order valence-electron chi connectivity index (χ0n) is 13.2. The molecule has 2 heterocycles. The molecule has 1 fully saturated rings. The Bertz CT molecular complexity index is 843. The average molecular weight is 327 g/mol. The fourth-order valence-corrected chi connectivity index (χ4v) is 3.03. The number of morpholine rings is 1. The first kappa shape index (κ1) is 15.2. The molecule has 0 amide bonds. The first-order chi connectivity index (χ1) is 11.8. The van der Waals surface area contributed by atoms with Crippen molar-refractivity contribution in [2.45, 2.75) is 18.9 Å². The number of hydrogen-bond acceptors (Lipinski definition) is 5. The number of aromatic nitrogens is 2. The Balaban J connectivity index is 1.55. The van der Waals surface area contributed by atoms with Crippen molar-refractivity contribution in [2.24, 2.45) is 0 Å². The number of fused-ring (bicyclic) bond motifs is 1. The number of benzene rings is 2. The van der Waals surface area contributed by atoms with E-state index in [4.69, 9.17) is 9.26 Å². The topological polar surface area (TPSA) is 60.2 Å². The van der Waals surface area contributed by atoms with Gasteiger partial charge in [0.25, 0.3) is 0 Å². The first-order valence-electron chi connectivity index (χ1n) is 8.12. The first-order valence-corrected chi connectivity index (χ1v) is 8.12. The molecule has 0 saturated carbocycles. The number of ether oxygens (including phenoxy) is 1. The summed E-state index contributed by atoms with van der Waals surface area (Å²) in [6.07, 6.45) is 1.57. The van der Waals surface area contributed by atoms with Gasteiger partial charge in [-0.1, -0.05) is 29.4 Å². The molecule has 1 atom stereocenters. The van der Waals surface area contributed by atoms with Crippen LogP contribution in [-0.4, -0.2) is 35.9 Å². The van der Waals surface area contributed by atoms with Crippen LogP contribution in [0, 0.1) is 5.82 Å². The third-order valence-electron chi connectivity index (χ3n) is 4.28. The van der Waals surface area contributed by atoms with Crippen LogP contribution in [0.1, 0.15) is 12.3 Å². The van der Waals surface area contributed by atoms with E-state index in [0.717, 1.165) is 30.5 Å². The van der Waals surface area contributed by atoms with Crippen molar-refractivity contribution in [1.29, 1.82) is 0 Å². The van der Waals surface area contributed by atoms with Gasteiger partial charge in [0.1, 0.15) is 5.82 Å². The predicted octanol–water partition coefficient (Wildman–Crippen LogP) is 2.95. The molecule has 0 spiro atoms. The molecule has 0 radical (unpaired) electrons. The quantitative estimate of drug-likeness (QED) is 0.798. The Morgan fingerprint density at radius 2 is 2.04 bits per heavy atom. The van der Waals surface area contributed by atoms with E-state index in [-0.39, 0.29) is 5.82 Å². The summed E-state index contributed by atoms with van der Waals surface area (Å²) in [6, 6.07) is 10.8. The fraction of sp³-hybridized carbons (Fsp3) is 0.333. The van der Waals surface area contributed by atoms with Crippen molar-refractivity contribution in [3.63, 3.8) is 0 Å². The Morgan fingerprint density at radius 1 is 1.17 bits per heavy atom. The molecule has 0 aliphatic carbocycles. The second-order valence-corrected chi connectivity index (χ2v) is 5.92. The molecule has 5 nitrogen and oxygen atoms in total. The van der Waals surface area contributed by atoms with E-state index in [1.54, 1.807) is 12.1 Å². The maximum atomic E-state index is 13.9. The highest BCUT2D eigenvalue weighted by Crippen LogP contribution is 2.28. The van der Waals surface area contributed by atoms with Gasteiger partial charge in [0.05, 0.1) is 13.2 Å². The second-order valence-electron chi connectivity index (χ2n) is 5.92. The lowest BCUT2D eigenvalue weighted by molar-refractivity contribution is 0.0736. The molecule has 1 N–H and O–H groups in total. The lowest BCUT2D eigenvalue weighted by Crippen LogP contribution is -2.41. The molecular formula is C18H18FN3O2. The SMILES string of the molecule is Fc1ccc(-c2noc(CCC3COCCN3)n2)c2ccccc12. The molecule has 24 heavy (non-hydrogen) atoms. The van der Waals surface area contributed by atoms with Crippen molar-refractivity contribution in [3.8, 4) is 11.4 Å². The summed E-state index contributed by atoms with van der Waals surface area (Å²) in [6.45, 7) is 2.35. The average Bonchev–Trinajstić information content (AvgIpc) is 3.10. The van der Waals surface area contributed by atoms with E-state index >= 15 is 0 Å². The molecule has 0 bridgehead atoms. The van der Waals surface area contributed by atoms with Crippen molar-refractivity contribution in [2.75, 3.05) is 19.8 Å². The normalized spacial score (nSPS) is 18.1. The summed E-state index contributed by atoms with van der Waals surface area (Å²) in [5.41, 5.74) is 0.779. The minimum atomic E-state index is -0.249. The lowest BCUT2D eigenvalue weighted by Gasteiger charge is -2.22.